The standard InChI is InChI=1S/C20H28N4O2/c1-2-26-18-6-4-17(5-7-18)24-11-9-16(10-12-24)22-20-13-15(14-21)3-8-19(20)23-25/h3,8,13,16-18,22H,2,4-7,9-12H2,1H3. The van der Waals surface area contributed by atoms with Crippen LogP contribution in [0.4, 0.5) is 11.4 Å². The summed E-state index contributed by atoms with van der Waals surface area (Å²) in [6, 6.07) is 8.08. The Hall–Kier alpha value is -1.97. The van der Waals surface area contributed by atoms with Crippen LogP contribution in [-0.4, -0.2) is 42.8 Å². The number of likely N-dealkylation sites (tertiary alicyclic amines) is 1. The number of nitrogens with zero attached hydrogens (tertiary/aromatic N) is 3. The minimum atomic E-state index is 0.320. The van der Waals surface area contributed by atoms with Gasteiger partial charge in [0, 0.05) is 31.8 Å². The molecule has 0 aromatic heterocycles. The van der Waals surface area contributed by atoms with E-state index in [9.17, 15) is 4.91 Å². The van der Waals surface area contributed by atoms with Gasteiger partial charge < -0.3 is 15.0 Å². The van der Waals surface area contributed by atoms with E-state index in [1.165, 1.54) is 25.7 Å². The lowest BCUT2D eigenvalue weighted by atomic mass is 9.90. The summed E-state index contributed by atoms with van der Waals surface area (Å²) < 4.78 is 5.76. The average Bonchev–Trinajstić information content (AvgIpc) is 2.69. The Balaban J connectivity index is 1.50. The van der Waals surface area contributed by atoms with Crippen molar-refractivity contribution in [2.24, 2.45) is 5.18 Å². The summed E-state index contributed by atoms with van der Waals surface area (Å²) in [5, 5.41) is 15.6. The van der Waals surface area contributed by atoms with E-state index in [-0.39, 0.29) is 0 Å². The van der Waals surface area contributed by atoms with Crippen molar-refractivity contribution in [1.82, 2.24) is 4.90 Å². The van der Waals surface area contributed by atoms with Gasteiger partial charge >= 0.3 is 0 Å². The van der Waals surface area contributed by atoms with E-state index >= 15 is 0 Å². The zero-order valence-electron chi connectivity index (χ0n) is 15.5. The Kier molecular flexibility index (Phi) is 6.59. The lowest BCUT2D eigenvalue weighted by Crippen LogP contribution is -2.46. The van der Waals surface area contributed by atoms with E-state index in [4.69, 9.17) is 10.00 Å². The second-order valence-electron chi connectivity index (χ2n) is 7.28. The van der Waals surface area contributed by atoms with Gasteiger partial charge in [-0.3, -0.25) is 0 Å². The molecule has 26 heavy (non-hydrogen) atoms. The monoisotopic (exact) mass is 356 g/mol. The third-order valence-corrected chi connectivity index (χ3v) is 5.68. The van der Waals surface area contributed by atoms with Gasteiger partial charge in [0.25, 0.3) is 0 Å². The molecule has 0 bridgehead atoms. The Morgan fingerprint density at radius 1 is 1.23 bits per heavy atom. The van der Waals surface area contributed by atoms with Gasteiger partial charge in [-0.1, -0.05) is 0 Å². The highest BCUT2D eigenvalue weighted by Crippen LogP contribution is 2.30. The van der Waals surface area contributed by atoms with E-state index in [2.05, 4.69) is 28.4 Å². The largest absolute Gasteiger partial charge is 0.380 e. The Bertz CT molecular complexity index is 642. The number of nitroso groups, excluding NO2 is 1. The summed E-state index contributed by atoms with van der Waals surface area (Å²) in [5.41, 5.74) is 1.60. The number of piperidine rings is 1. The van der Waals surface area contributed by atoms with E-state index < -0.39 is 0 Å². The molecule has 6 nitrogen and oxygen atoms in total. The number of nitrogens with one attached hydrogen (secondary N) is 1. The van der Waals surface area contributed by atoms with Crippen molar-refractivity contribution in [3.05, 3.63) is 28.7 Å². The minimum absolute atomic E-state index is 0.320. The molecular weight excluding hydrogens is 328 g/mol. The lowest BCUT2D eigenvalue weighted by Gasteiger charge is -2.41. The smallest absolute Gasteiger partial charge is 0.131 e. The summed E-state index contributed by atoms with van der Waals surface area (Å²) in [6.07, 6.45) is 7.34. The van der Waals surface area contributed by atoms with Crippen molar-refractivity contribution in [1.29, 1.82) is 5.26 Å². The van der Waals surface area contributed by atoms with Crippen molar-refractivity contribution in [2.45, 2.75) is 63.6 Å². The summed E-state index contributed by atoms with van der Waals surface area (Å²) in [5.74, 6) is 0. The second kappa shape index (κ2) is 9.11. The molecule has 1 aromatic carbocycles. The van der Waals surface area contributed by atoms with Crippen LogP contribution in [0, 0.1) is 16.2 Å². The molecule has 1 aromatic rings. The molecule has 140 valence electrons. The van der Waals surface area contributed by atoms with Crippen LogP contribution in [0.1, 0.15) is 51.0 Å². The van der Waals surface area contributed by atoms with Crippen LogP contribution in [0.5, 0.6) is 0 Å². The molecular formula is C20H28N4O2. The van der Waals surface area contributed by atoms with E-state index in [0.717, 1.165) is 32.5 Å². The normalized spacial score (nSPS) is 24.8. The first-order chi connectivity index (χ1) is 12.7. The molecule has 1 heterocycles. The molecule has 0 radical (unpaired) electrons. The molecule has 0 spiro atoms. The predicted octanol–water partition coefficient (Wildman–Crippen LogP) is 4.18. The molecule has 0 atom stereocenters. The second-order valence-corrected chi connectivity index (χ2v) is 7.28. The zero-order chi connectivity index (χ0) is 18.4. The Morgan fingerprint density at radius 3 is 2.58 bits per heavy atom. The first kappa shape index (κ1) is 18.8. The fourth-order valence-corrected chi connectivity index (χ4v) is 4.24. The summed E-state index contributed by atoms with van der Waals surface area (Å²) in [6.45, 7) is 5.03. The highest BCUT2D eigenvalue weighted by atomic mass is 16.5. The average molecular weight is 356 g/mol. The van der Waals surface area contributed by atoms with Crippen LogP contribution in [0.25, 0.3) is 0 Å². The number of nitriles is 1. The summed E-state index contributed by atoms with van der Waals surface area (Å²) in [7, 11) is 0. The van der Waals surface area contributed by atoms with Gasteiger partial charge in [-0.15, -0.1) is 4.91 Å². The highest BCUT2D eigenvalue weighted by molar-refractivity contribution is 5.68. The van der Waals surface area contributed by atoms with Crippen LogP contribution >= 0.6 is 0 Å². The first-order valence-electron chi connectivity index (χ1n) is 9.73. The fourth-order valence-electron chi connectivity index (χ4n) is 4.24. The molecule has 3 rings (SSSR count). The highest BCUT2D eigenvalue weighted by Gasteiger charge is 2.29. The van der Waals surface area contributed by atoms with Crippen molar-refractivity contribution >= 4 is 11.4 Å². The topological polar surface area (TPSA) is 77.7 Å². The zero-order valence-corrected chi connectivity index (χ0v) is 15.5. The molecule has 2 fully saturated rings. The van der Waals surface area contributed by atoms with Crippen LogP contribution in [0.2, 0.25) is 0 Å². The van der Waals surface area contributed by atoms with Crippen molar-refractivity contribution in [2.75, 3.05) is 25.0 Å². The SMILES string of the molecule is CCOC1CCC(N2CCC(Nc3cc(C#N)ccc3N=O)CC2)CC1. The predicted molar refractivity (Wildman–Crippen MR) is 102 cm³/mol. The van der Waals surface area contributed by atoms with E-state index in [0.29, 0.717) is 35.1 Å². The number of rotatable bonds is 6. The van der Waals surface area contributed by atoms with Gasteiger partial charge in [-0.05, 0) is 68.8 Å². The molecule has 1 saturated heterocycles. The lowest BCUT2D eigenvalue weighted by molar-refractivity contribution is 0.00994. The molecule has 2 aliphatic rings. The Morgan fingerprint density at radius 2 is 1.96 bits per heavy atom. The maximum atomic E-state index is 11.0. The van der Waals surface area contributed by atoms with E-state index in [1.54, 1.807) is 18.2 Å². The molecule has 0 unspecified atom stereocenters. The number of hydrogen-bond donors (Lipinski definition) is 1. The number of benzene rings is 1. The number of anilines is 1. The number of hydrogen-bond acceptors (Lipinski definition) is 6. The maximum absolute atomic E-state index is 11.0. The molecule has 1 aliphatic heterocycles. The van der Waals surface area contributed by atoms with Gasteiger partial charge in [0.05, 0.1) is 23.4 Å². The third kappa shape index (κ3) is 4.60. The van der Waals surface area contributed by atoms with Crippen molar-refractivity contribution in [3.8, 4) is 6.07 Å². The van der Waals surface area contributed by atoms with Gasteiger partial charge in [0.15, 0.2) is 0 Å². The number of ether oxygens (including phenoxy) is 1. The third-order valence-electron chi connectivity index (χ3n) is 5.68. The van der Waals surface area contributed by atoms with Crippen molar-refractivity contribution in [3.63, 3.8) is 0 Å². The molecule has 0 amide bonds. The van der Waals surface area contributed by atoms with Gasteiger partial charge in [0.1, 0.15) is 5.69 Å². The maximum Gasteiger partial charge on any atom is 0.131 e. The van der Waals surface area contributed by atoms with Gasteiger partial charge in [-0.25, -0.2) is 0 Å². The molecule has 1 N–H and O–H groups in total. The van der Waals surface area contributed by atoms with Crippen LogP contribution < -0.4 is 5.32 Å². The van der Waals surface area contributed by atoms with Crippen LogP contribution in [0.3, 0.4) is 0 Å². The van der Waals surface area contributed by atoms with Gasteiger partial charge in [-0.2, -0.15) is 5.26 Å². The van der Waals surface area contributed by atoms with E-state index in [1.807, 2.05) is 0 Å². The van der Waals surface area contributed by atoms with Gasteiger partial charge in [0.2, 0.25) is 0 Å². The van der Waals surface area contributed by atoms with Crippen LogP contribution in [0.15, 0.2) is 23.4 Å². The fraction of sp³-hybridized carbons (Fsp3) is 0.650. The Labute approximate surface area is 155 Å². The first-order valence-corrected chi connectivity index (χ1v) is 9.73. The molecule has 1 aliphatic carbocycles. The van der Waals surface area contributed by atoms with Crippen LogP contribution in [-0.2, 0) is 4.74 Å². The molecule has 1 saturated carbocycles. The molecule has 6 heteroatoms. The van der Waals surface area contributed by atoms with Crippen molar-refractivity contribution < 1.29 is 4.74 Å². The summed E-state index contributed by atoms with van der Waals surface area (Å²) >= 11 is 0. The summed E-state index contributed by atoms with van der Waals surface area (Å²) in [4.78, 5) is 13.6. The quantitative estimate of drug-likeness (QED) is 0.774. The minimum Gasteiger partial charge on any atom is -0.380 e.